The molecular formula is C34H69NO4. The predicted molar refractivity (Wildman–Crippen MR) is 166 cm³/mol. The molecule has 5 nitrogen and oxygen atoms in total. The smallest absolute Gasteiger partial charge is 0.0974 e. The van der Waals surface area contributed by atoms with Gasteiger partial charge in [0.25, 0.3) is 0 Å². The van der Waals surface area contributed by atoms with Crippen LogP contribution in [0.5, 0.6) is 0 Å². The Labute approximate surface area is 243 Å². The summed E-state index contributed by atoms with van der Waals surface area (Å²) in [6.07, 6.45) is 31.9. The molecule has 1 aliphatic heterocycles. The van der Waals surface area contributed by atoms with Gasteiger partial charge >= 0.3 is 0 Å². The van der Waals surface area contributed by atoms with E-state index < -0.39 is 18.2 Å². The molecule has 1 saturated heterocycles. The van der Waals surface area contributed by atoms with Crippen molar-refractivity contribution in [2.75, 3.05) is 19.8 Å². The van der Waals surface area contributed by atoms with Crippen molar-refractivity contribution >= 4 is 0 Å². The van der Waals surface area contributed by atoms with Gasteiger partial charge in [0.15, 0.2) is 0 Å². The molecular weight excluding hydrogens is 486 g/mol. The Morgan fingerprint density at radius 3 is 1.23 bits per heavy atom. The van der Waals surface area contributed by atoms with Crippen molar-refractivity contribution in [3.63, 3.8) is 0 Å². The highest BCUT2D eigenvalue weighted by atomic mass is 16.5. The Kier molecular flexibility index (Phi) is 24.1. The fourth-order valence-electron chi connectivity index (χ4n) is 6.04. The number of ether oxygens (including phenoxy) is 1. The summed E-state index contributed by atoms with van der Waals surface area (Å²) in [4.78, 5) is 0. The molecule has 39 heavy (non-hydrogen) atoms. The molecule has 0 spiro atoms. The van der Waals surface area contributed by atoms with E-state index in [0.29, 0.717) is 19.6 Å². The predicted octanol–water partition coefficient (Wildman–Crippen LogP) is 8.22. The number of unbranched alkanes of at least 4 members (excludes halogenated alkanes) is 22. The molecule has 0 aromatic carbocycles. The normalized spacial score (nSPS) is 17.2. The first kappa shape index (κ1) is 36.8. The summed E-state index contributed by atoms with van der Waals surface area (Å²) < 4.78 is 5.46. The zero-order valence-electron chi connectivity index (χ0n) is 26.3. The largest absolute Gasteiger partial charge is 0.395 e. The quantitative estimate of drug-likeness (QED) is 0.0671. The second-order valence-corrected chi connectivity index (χ2v) is 12.7. The van der Waals surface area contributed by atoms with E-state index in [2.05, 4.69) is 12.2 Å². The minimum absolute atomic E-state index is 0.158. The average molecular weight is 556 g/mol. The highest BCUT2D eigenvalue weighted by Gasteiger charge is 2.41. The molecule has 3 atom stereocenters. The Morgan fingerprint density at radius 1 is 0.590 bits per heavy atom. The van der Waals surface area contributed by atoms with Crippen LogP contribution < -0.4 is 5.32 Å². The maximum absolute atomic E-state index is 10.3. The third-order valence-corrected chi connectivity index (χ3v) is 8.93. The number of nitrogens with one attached hydrogen (secondary N) is 1. The van der Waals surface area contributed by atoms with Crippen molar-refractivity contribution in [1.82, 2.24) is 5.32 Å². The third-order valence-electron chi connectivity index (χ3n) is 8.93. The van der Waals surface area contributed by atoms with Crippen LogP contribution in [0.25, 0.3) is 0 Å². The standard InChI is InChI=1S/C34H69NO4/c1-3-5-6-7-8-9-10-11-12-13-14-15-16-17-18-19-20-21-22-23-24-25-26-27-34(29-39-30-34)35-31(28-36)33(38)32(37)4-2/h31-33,35-38H,3-30H2,1-2H3/t31-,32+,33-/m0/s1. The number of rotatable bonds is 30. The summed E-state index contributed by atoms with van der Waals surface area (Å²) >= 11 is 0. The highest BCUT2D eigenvalue weighted by molar-refractivity contribution is 4.98. The van der Waals surface area contributed by atoms with Crippen LogP contribution in [0.3, 0.4) is 0 Å². The van der Waals surface area contributed by atoms with Gasteiger partial charge in [0.2, 0.25) is 0 Å². The molecule has 0 amide bonds. The van der Waals surface area contributed by atoms with Crippen LogP contribution in [0.1, 0.15) is 174 Å². The van der Waals surface area contributed by atoms with Crippen molar-refractivity contribution in [2.45, 2.75) is 198 Å². The van der Waals surface area contributed by atoms with E-state index in [1.165, 1.54) is 141 Å². The van der Waals surface area contributed by atoms with E-state index in [9.17, 15) is 15.3 Å². The molecule has 234 valence electrons. The number of hydrogen-bond acceptors (Lipinski definition) is 5. The highest BCUT2D eigenvalue weighted by Crippen LogP contribution is 2.26. The third kappa shape index (κ3) is 18.8. The fraction of sp³-hybridized carbons (Fsp3) is 1.00. The van der Waals surface area contributed by atoms with Gasteiger partial charge in [-0.05, 0) is 12.8 Å². The van der Waals surface area contributed by atoms with E-state index >= 15 is 0 Å². The lowest BCUT2D eigenvalue weighted by molar-refractivity contribution is -0.104. The fourth-order valence-corrected chi connectivity index (χ4v) is 6.04. The Morgan fingerprint density at radius 2 is 0.949 bits per heavy atom. The van der Waals surface area contributed by atoms with Gasteiger partial charge in [-0.2, -0.15) is 0 Å². The van der Waals surface area contributed by atoms with Gasteiger partial charge in [0, 0.05) is 0 Å². The maximum Gasteiger partial charge on any atom is 0.0974 e. The molecule has 1 rings (SSSR count). The Bertz CT molecular complexity index is 513. The summed E-state index contributed by atoms with van der Waals surface area (Å²) in [6.45, 7) is 5.20. The van der Waals surface area contributed by atoms with Crippen LogP contribution in [0.15, 0.2) is 0 Å². The van der Waals surface area contributed by atoms with E-state index in [1.54, 1.807) is 0 Å². The van der Waals surface area contributed by atoms with Crippen LogP contribution in [-0.4, -0.2) is 58.9 Å². The molecule has 0 aromatic rings. The summed E-state index contributed by atoms with van der Waals surface area (Å²) in [5.41, 5.74) is -0.158. The first-order valence-electron chi connectivity index (χ1n) is 17.4. The van der Waals surface area contributed by atoms with Crippen molar-refractivity contribution in [3.8, 4) is 0 Å². The van der Waals surface area contributed by atoms with Gasteiger partial charge < -0.3 is 20.1 Å². The van der Waals surface area contributed by atoms with Crippen molar-refractivity contribution in [3.05, 3.63) is 0 Å². The lowest BCUT2D eigenvalue weighted by atomic mass is 9.87. The Balaban J connectivity index is 1.85. The molecule has 4 N–H and O–H groups in total. The molecule has 0 saturated carbocycles. The van der Waals surface area contributed by atoms with Gasteiger partial charge in [0.1, 0.15) is 0 Å². The van der Waals surface area contributed by atoms with Crippen LogP contribution >= 0.6 is 0 Å². The lowest BCUT2D eigenvalue weighted by Crippen LogP contribution is -2.66. The van der Waals surface area contributed by atoms with Crippen molar-refractivity contribution in [1.29, 1.82) is 0 Å². The molecule has 0 bridgehead atoms. The molecule has 1 aliphatic rings. The van der Waals surface area contributed by atoms with Gasteiger partial charge in [-0.1, -0.05) is 162 Å². The summed E-state index contributed by atoms with van der Waals surface area (Å²) in [7, 11) is 0. The molecule has 1 heterocycles. The second-order valence-electron chi connectivity index (χ2n) is 12.7. The molecule has 0 radical (unpaired) electrons. The van der Waals surface area contributed by atoms with Crippen molar-refractivity contribution in [2.24, 2.45) is 0 Å². The van der Waals surface area contributed by atoms with Crippen LogP contribution in [0, 0.1) is 0 Å². The van der Waals surface area contributed by atoms with Crippen LogP contribution in [0.4, 0.5) is 0 Å². The summed E-state index contributed by atoms with van der Waals surface area (Å²) in [5, 5.41) is 33.4. The minimum atomic E-state index is -0.952. The molecule has 0 aromatic heterocycles. The van der Waals surface area contributed by atoms with E-state index in [1.807, 2.05) is 6.92 Å². The molecule has 0 unspecified atom stereocenters. The van der Waals surface area contributed by atoms with Crippen molar-refractivity contribution < 1.29 is 20.1 Å². The second kappa shape index (κ2) is 25.5. The van der Waals surface area contributed by atoms with Crippen LogP contribution in [0.2, 0.25) is 0 Å². The van der Waals surface area contributed by atoms with E-state index in [-0.39, 0.29) is 12.1 Å². The van der Waals surface area contributed by atoms with Gasteiger partial charge in [-0.15, -0.1) is 0 Å². The molecule has 5 heteroatoms. The first-order valence-corrected chi connectivity index (χ1v) is 17.4. The number of aliphatic hydroxyl groups excluding tert-OH is 3. The van der Waals surface area contributed by atoms with Gasteiger partial charge in [0.05, 0.1) is 43.6 Å². The number of hydrogen-bond donors (Lipinski definition) is 4. The zero-order valence-corrected chi connectivity index (χ0v) is 26.3. The first-order chi connectivity index (χ1) is 19.1. The SMILES string of the molecule is CCCCCCCCCCCCCCCCCCCCCCCCCC1(N[C@@H](CO)[C@H](O)[C@H](O)CC)COC1. The van der Waals surface area contributed by atoms with Crippen LogP contribution in [-0.2, 0) is 4.74 Å². The minimum Gasteiger partial charge on any atom is -0.395 e. The maximum atomic E-state index is 10.3. The zero-order chi connectivity index (χ0) is 28.4. The topological polar surface area (TPSA) is 82.0 Å². The monoisotopic (exact) mass is 556 g/mol. The van der Waals surface area contributed by atoms with Gasteiger partial charge in [-0.3, -0.25) is 5.32 Å². The number of aliphatic hydroxyl groups is 3. The molecule has 0 aliphatic carbocycles. The summed E-state index contributed by atoms with van der Waals surface area (Å²) in [5.74, 6) is 0. The van der Waals surface area contributed by atoms with E-state index in [4.69, 9.17) is 4.74 Å². The Hall–Kier alpha value is -0.200. The molecule has 1 fully saturated rings. The van der Waals surface area contributed by atoms with Gasteiger partial charge in [-0.25, -0.2) is 0 Å². The lowest BCUT2D eigenvalue weighted by Gasteiger charge is -2.46. The summed E-state index contributed by atoms with van der Waals surface area (Å²) in [6, 6.07) is -0.506. The van der Waals surface area contributed by atoms with E-state index in [0.717, 1.165) is 12.8 Å². The average Bonchev–Trinajstić information content (AvgIpc) is 2.93.